The Morgan fingerprint density at radius 2 is 2.00 bits per heavy atom. The Labute approximate surface area is 65.2 Å². The summed E-state index contributed by atoms with van der Waals surface area (Å²) in [6.07, 6.45) is 4.83. The highest BCUT2D eigenvalue weighted by Gasteiger charge is 1.95. The lowest BCUT2D eigenvalue weighted by molar-refractivity contribution is -0.891. The fraction of sp³-hybridized carbons (Fsp3) is 0.250. The summed E-state index contributed by atoms with van der Waals surface area (Å²) in [4.78, 5) is 15.0. The van der Waals surface area contributed by atoms with Crippen molar-refractivity contribution in [1.29, 1.82) is 0 Å². The van der Waals surface area contributed by atoms with E-state index in [0.29, 0.717) is 13.0 Å². The largest absolute Gasteiger partial charge is 0.303 e. The van der Waals surface area contributed by atoms with Gasteiger partial charge >= 0.3 is 0 Å². The summed E-state index contributed by atoms with van der Waals surface area (Å²) in [5.74, 6) is 0. The van der Waals surface area contributed by atoms with Crippen LogP contribution in [0.1, 0.15) is 6.42 Å². The zero-order valence-electron chi connectivity index (χ0n) is 6.14. The molecule has 0 atom stereocenters. The smallest absolute Gasteiger partial charge is 0.222 e. The summed E-state index contributed by atoms with van der Waals surface area (Å²) in [5.41, 5.74) is 0. The molecule has 1 heterocycles. The van der Waals surface area contributed by atoms with Gasteiger partial charge in [0, 0.05) is 23.3 Å². The van der Waals surface area contributed by atoms with E-state index in [-0.39, 0.29) is 0 Å². The van der Waals surface area contributed by atoms with Crippen molar-refractivity contribution in [2.75, 3.05) is 6.61 Å². The number of nitrogens with zero attached hydrogens (tertiary/aromatic N) is 1. The minimum absolute atomic E-state index is 0.429. The monoisotopic (exact) mass is 152 g/mol. The van der Waals surface area contributed by atoms with Gasteiger partial charge in [-0.25, -0.2) is 0 Å². The normalized spacial score (nSPS) is 9.09. The summed E-state index contributed by atoms with van der Waals surface area (Å²) in [5, 5.41) is 0. The standard InChI is InChI=1S/C8H10NO2/c10-7-4-8-11-9-5-2-1-3-6-9/h1-3,5-7H,4,8H2/q+1. The molecule has 0 aromatic carbocycles. The van der Waals surface area contributed by atoms with Gasteiger partial charge in [-0.15, -0.1) is 0 Å². The first kappa shape index (κ1) is 7.72. The number of rotatable bonds is 4. The molecule has 0 bridgehead atoms. The maximum Gasteiger partial charge on any atom is 0.222 e. The van der Waals surface area contributed by atoms with E-state index in [1.807, 2.05) is 18.2 Å². The van der Waals surface area contributed by atoms with E-state index in [4.69, 9.17) is 4.84 Å². The molecular formula is C8H10NO2+. The minimum Gasteiger partial charge on any atom is -0.303 e. The van der Waals surface area contributed by atoms with Crippen molar-refractivity contribution < 1.29 is 14.4 Å². The van der Waals surface area contributed by atoms with Gasteiger partial charge in [-0.2, -0.15) is 0 Å². The molecule has 1 rings (SSSR count). The number of aldehydes is 1. The van der Waals surface area contributed by atoms with Crippen LogP contribution >= 0.6 is 0 Å². The molecule has 11 heavy (non-hydrogen) atoms. The topological polar surface area (TPSA) is 30.2 Å². The molecule has 0 saturated carbocycles. The maximum atomic E-state index is 9.91. The zero-order valence-corrected chi connectivity index (χ0v) is 6.14. The number of hydrogen-bond donors (Lipinski definition) is 0. The molecule has 0 radical (unpaired) electrons. The number of aromatic nitrogens is 1. The summed E-state index contributed by atoms with van der Waals surface area (Å²) >= 11 is 0. The van der Waals surface area contributed by atoms with Gasteiger partial charge in [0.25, 0.3) is 0 Å². The molecule has 1 aromatic heterocycles. The van der Waals surface area contributed by atoms with Crippen LogP contribution in [0.15, 0.2) is 30.6 Å². The van der Waals surface area contributed by atoms with E-state index in [1.165, 1.54) is 0 Å². The number of carbonyl (C=O) groups is 1. The molecule has 58 valence electrons. The molecule has 0 spiro atoms. The Hall–Kier alpha value is -1.38. The first-order valence-electron chi connectivity index (χ1n) is 3.46. The second-order valence-electron chi connectivity index (χ2n) is 2.02. The van der Waals surface area contributed by atoms with E-state index >= 15 is 0 Å². The maximum absolute atomic E-state index is 9.91. The van der Waals surface area contributed by atoms with Crippen LogP contribution in [0.5, 0.6) is 0 Å². The van der Waals surface area contributed by atoms with Crippen LogP contribution in [0, 0.1) is 0 Å². The third-order valence-electron chi connectivity index (χ3n) is 1.16. The third kappa shape index (κ3) is 2.80. The lowest BCUT2D eigenvalue weighted by Crippen LogP contribution is -2.42. The molecule has 0 amide bonds. The number of carbonyl (C=O) groups excluding carboxylic acids is 1. The van der Waals surface area contributed by atoms with Gasteiger partial charge < -0.3 is 4.79 Å². The Morgan fingerprint density at radius 3 is 2.64 bits per heavy atom. The minimum atomic E-state index is 0.429. The summed E-state index contributed by atoms with van der Waals surface area (Å²) in [7, 11) is 0. The van der Waals surface area contributed by atoms with Crippen LogP contribution in [-0.2, 0) is 4.79 Å². The van der Waals surface area contributed by atoms with Gasteiger partial charge in [0.15, 0.2) is 6.61 Å². The van der Waals surface area contributed by atoms with Crippen molar-refractivity contribution in [2.45, 2.75) is 6.42 Å². The van der Waals surface area contributed by atoms with Crippen LogP contribution < -0.4 is 9.57 Å². The highest BCUT2D eigenvalue weighted by Crippen LogP contribution is 1.75. The highest BCUT2D eigenvalue weighted by molar-refractivity contribution is 5.49. The van der Waals surface area contributed by atoms with E-state index in [2.05, 4.69) is 0 Å². The van der Waals surface area contributed by atoms with Crippen molar-refractivity contribution in [1.82, 2.24) is 0 Å². The second-order valence-corrected chi connectivity index (χ2v) is 2.02. The predicted octanol–water partition coefficient (Wildman–Crippen LogP) is -0.00830. The van der Waals surface area contributed by atoms with E-state index in [1.54, 1.807) is 17.1 Å². The second kappa shape index (κ2) is 4.44. The molecule has 3 nitrogen and oxygen atoms in total. The first-order valence-corrected chi connectivity index (χ1v) is 3.46. The van der Waals surface area contributed by atoms with Gasteiger partial charge in [-0.05, 0) is 0 Å². The summed E-state index contributed by atoms with van der Waals surface area (Å²) < 4.78 is 1.57. The molecule has 0 fully saturated rings. The molecule has 3 heteroatoms. The van der Waals surface area contributed by atoms with Gasteiger partial charge in [0.05, 0.1) is 0 Å². The average molecular weight is 152 g/mol. The van der Waals surface area contributed by atoms with Gasteiger partial charge in [0.2, 0.25) is 12.4 Å². The average Bonchev–Trinajstić information content (AvgIpc) is 2.07. The Bertz CT molecular complexity index is 211. The van der Waals surface area contributed by atoms with E-state index in [9.17, 15) is 4.79 Å². The van der Waals surface area contributed by atoms with Crippen LogP contribution in [0.3, 0.4) is 0 Å². The molecule has 0 aliphatic heterocycles. The summed E-state index contributed by atoms with van der Waals surface area (Å²) in [6.45, 7) is 0.429. The van der Waals surface area contributed by atoms with Crippen LogP contribution in [-0.4, -0.2) is 12.9 Å². The zero-order chi connectivity index (χ0) is 7.94. The van der Waals surface area contributed by atoms with Crippen molar-refractivity contribution in [3.63, 3.8) is 0 Å². The van der Waals surface area contributed by atoms with Gasteiger partial charge in [0.1, 0.15) is 6.29 Å². The van der Waals surface area contributed by atoms with Crippen molar-refractivity contribution in [2.24, 2.45) is 0 Å². The molecule has 0 unspecified atom stereocenters. The van der Waals surface area contributed by atoms with Crippen LogP contribution in [0.4, 0.5) is 0 Å². The first-order chi connectivity index (χ1) is 5.43. The van der Waals surface area contributed by atoms with Crippen molar-refractivity contribution in [3.05, 3.63) is 30.6 Å². The molecule has 0 aliphatic rings. The molecule has 0 saturated heterocycles. The molecular weight excluding hydrogens is 142 g/mol. The molecule has 1 aromatic rings. The number of hydrogen-bond acceptors (Lipinski definition) is 2. The Balaban J connectivity index is 2.33. The fourth-order valence-corrected chi connectivity index (χ4v) is 0.675. The van der Waals surface area contributed by atoms with Crippen molar-refractivity contribution in [3.8, 4) is 0 Å². The summed E-state index contributed by atoms with van der Waals surface area (Å²) in [6, 6.07) is 5.63. The lowest BCUT2D eigenvalue weighted by atomic mass is 10.5. The fourth-order valence-electron chi connectivity index (χ4n) is 0.675. The van der Waals surface area contributed by atoms with Crippen LogP contribution in [0.2, 0.25) is 0 Å². The SMILES string of the molecule is O=CCCO[n+]1ccccc1. The molecule has 0 aliphatic carbocycles. The van der Waals surface area contributed by atoms with E-state index < -0.39 is 0 Å². The number of pyridine rings is 1. The highest BCUT2D eigenvalue weighted by atomic mass is 16.7. The van der Waals surface area contributed by atoms with Crippen LogP contribution in [0.25, 0.3) is 0 Å². The Morgan fingerprint density at radius 1 is 1.27 bits per heavy atom. The van der Waals surface area contributed by atoms with Crippen molar-refractivity contribution >= 4 is 6.29 Å². The Kier molecular flexibility index (Phi) is 3.12. The molecule has 0 N–H and O–H groups in total. The van der Waals surface area contributed by atoms with Gasteiger partial charge in [-0.1, -0.05) is 6.07 Å². The van der Waals surface area contributed by atoms with Gasteiger partial charge in [-0.3, -0.25) is 4.84 Å². The quantitative estimate of drug-likeness (QED) is 0.345. The van der Waals surface area contributed by atoms with E-state index in [0.717, 1.165) is 6.29 Å². The third-order valence-corrected chi connectivity index (χ3v) is 1.16. The predicted molar refractivity (Wildman–Crippen MR) is 38.8 cm³/mol. The lowest BCUT2D eigenvalue weighted by Gasteiger charge is -1.92.